The van der Waals surface area contributed by atoms with Gasteiger partial charge in [-0.25, -0.2) is 8.42 Å². The molecule has 0 radical (unpaired) electrons. The number of halogens is 1. The fourth-order valence-electron chi connectivity index (χ4n) is 4.83. The highest BCUT2D eigenvalue weighted by Crippen LogP contribution is 2.27. The van der Waals surface area contributed by atoms with Gasteiger partial charge in [-0.1, -0.05) is 103 Å². The highest BCUT2D eigenvalue weighted by Gasteiger charge is 2.34. The number of likely N-dealkylation sites (N-methyl/N-ethyl adjacent to an activating group) is 1. The van der Waals surface area contributed by atoms with Gasteiger partial charge in [0, 0.05) is 24.5 Å². The molecule has 4 aromatic rings. The lowest BCUT2D eigenvalue weighted by Crippen LogP contribution is -2.53. The van der Waals surface area contributed by atoms with E-state index in [-0.39, 0.29) is 29.7 Å². The van der Waals surface area contributed by atoms with Gasteiger partial charge in [-0.2, -0.15) is 0 Å². The number of carbonyl (C=O) groups excluding carboxylic acids is 2. The number of rotatable bonds is 12. The number of sulfonamides is 1. The number of nitrogens with zero attached hydrogens (tertiary/aromatic N) is 2. The molecular formula is C34H36BrN3O4S. The first-order valence-electron chi connectivity index (χ1n) is 14.1. The molecule has 0 fully saturated rings. The Morgan fingerprint density at radius 3 is 2.00 bits per heavy atom. The smallest absolute Gasteiger partial charge is 0.264 e. The minimum atomic E-state index is -4.13. The van der Waals surface area contributed by atoms with Gasteiger partial charge in [0.25, 0.3) is 10.0 Å². The van der Waals surface area contributed by atoms with Crippen LogP contribution in [0.25, 0.3) is 0 Å². The van der Waals surface area contributed by atoms with Crippen LogP contribution in [0.2, 0.25) is 0 Å². The maximum absolute atomic E-state index is 14.3. The van der Waals surface area contributed by atoms with Crippen molar-refractivity contribution in [1.29, 1.82) is 0 Å². The number of benzene rings is 4. The molecule has 0 aromatic heterocycles. The largest absolute Gasteiger partial charge is 0.357 e. The van der Waals surface area contributed by atoms with Crippen LogP contribution in [0.3, 0.4) is 0 Å². The predicted molar refractivity (Wildman–Crippen MR) is 174 cm³/mol. The van der Waals surface area contributed by atoms with Crippen LogP contribution in [-0.4, -0.2) is 44.8 Å². The van der Waals surface area contributed by atoms with E-state index in [2.05, 4.69) is 35.1 Å². The van der Waals surface area contributed by atoms with Crippen LogP contribution in [0, 0.1) is 0 Å². The van der Waals surface area contributed by atoms with Crippen LogP contribution in [0.15, 0.2) is 119 Å². The lowest BCUT2D eigenvalue weighted by molar-refractivity contribution is -0.139. The SMILES string of the molecule is CNC(=O)C(Cc1ccccc1)N(Cc1cccc(Br)c1)C(=O)CN(c1ccc(C(C)C)cc1)S(=O)(=O)c1ccccc1. The zero-order valence-corrected chi connectivity index (χ0v) is 26.9. The summed E-state index contributed by atoms with van der Waals surface area (Å²) in [5, 5.41) is 2.70. The van der Waals surface area contributed by atoms with E-state index in [1.54, 1.807) is 30.3 Å². The Balaban J connectivity index is 1.79. The van der Waals surface area contributed by atoms with Crippen molar-refractivity contribution in [2.45, 2.75) is 43.7 Å². The second-order valence-electron chi connectivity index (χ2n) is 10.5. The third-order valence-corrected chi connectivity index (χ3v) is 9.50. The highest BCUT2D eigenvalue weighted by molar-refractivity contribution is 9.10. The minimum Gasteiger partial charge on any atom is -0.357 e. The number of hydrogen-bond donors (Lipinski definition) is 1. The molecule has 0 bridgehead atoms. The lowest BCUT2D eigenvalue weighted by Gasteiger charge is -2.33. The van der Waals surface area contributed by atoms with E-state index in [4.69, 9.17) is 0 Å². The van der Waals surface area contributed by atoms with Crippen LogP contribution in [-0.2, 0) is 32.6 Å². The second-order valence-corrected chi connectivity index (χ2v) is 13.3. The normalized spacial score (nSPS) is 12.0. The summed E-state index contributed by atoms with van der Waals surface area (Å²) >= 11 is 3.49. The Morgan fingerprint density at radius 1 is 0.814 bits per heavy atom. The van der Waals surface area contributed by atoms with Gasteiger partial charge >= 0.3 is 0 Å². The van der Waals surface area contributed by atoms with E-state index in [0.29, 0.717) is 5.69 Å². The van der Waals surface area contributed by atoms with Gasteiger partial charge in [-0.15, -0.1) is 0 Å². The van der Waals surface area contributed by atoms with Gasteiger partial charge in [-0.3, -0.25) is 13.9 Å². The Bertz CT molecular complexity index is 1630. The summed E-state index contributed by atoms with van der Waals surface area (Å²) in [6.45, 7) is 3.73. The Labute approximate surface area is 262 Å². The maximum atomic E-state index is 14.3. The van der Waals surface area contributed by atoms with Gasteiger partial charge in [-0.05, 0) is 59.0 Å². The molecule has 1 atom stereocenters. The van der Waals surface area contributed by atoms with Crippen molar-refractivity contribution in [1.82, 2.24) is 10.2 Å². The topological polar surface area (TPSA) is 86.8 Å². The molecule has 0 saturated heterocycles. The van der Waals surface area contributed by atoms with Gasteiger partial charge in [0.1, 0.15) is 12.6 Å². The summed E-state index contributed by atoms with van der Waals surface area (Å²) < 4.78 is 30.0. The molecule has 2 amide bonds. The molecule has 4 rings (SSSR count). The second kappa shape index (κ2) is 14.5. The molecule has 0 aliphatic carbocycles. The zero-order valence-electron chi connectivity index (χ0n) is 24.5. The van der Waals surface area contributed by atoms with E-state index >= 15 is 0 Å². The van der Waals surface area contributed by atoms with Crippen molar-refractivity contribution in [3.05, 3.63) is 130 Å². The van der Waals surface area contributed by atoms with Gasteiger partial charge in [0.05, 0.1) is 10.6 Å². The molecule has 0 heterocycles. The molecule has 9 heteroatoms. The number of carbonyl (C=O) groups is 2. The van der Waals surface area contributed by atoms with Crippen molar-refractivity contribution in [3.8, 4) is 0 Å². The molecule has 1 N–H and O–H groups in total. The van der Waals surface area contributed by atoms with E-state index in [0.717, 1.165) is 25.5 Å². The van der Waals surface area contributed by atoms with Crippen LogP contribution in [0.4, 0.5) is 5.69 Å². The fraction of sp³-hybridized carbons (Fsp3) is 0.235. The number of nitrogens with one attached hydrogen (secondary N) is 1. The molecule has 4 aromatic carbocycles. The molecule has 7 nitrogen and oxygen atoms in total. The van der Waals surface area contributed by atoms with Crippen molar-refractivity contribution < 1.29 is 18.0 Å². The van der Waals surface area contributed by atoms with Crippen LogP contribution >= 0.6 is 15.9 Å². The molecule has 224 valence electrons. The van der Waals surface area contributed by atoms with Gasteiger partial charge in [0.15, 0.2) is 0 Å². The van der Waals surface area contributed by atoms with Gasteiger partial charge < -0.3 is 10.2 Å². The lowest BCUT2D eigenvalue weighted by atomic mass is 10.0. The molecule has 0 spiro atoms. The maximum Gasteiger partial charge on any atom is 0.264 e. The first kappa shape index (κ1) is 32.0. The number of anilines is 1. The quantitative estimate of drug-likeness (QED) is 0.197. The monoisotopic (exact) mass is 661 g/mol. The zero-order chi connectivity index (χ0) is 31.0. The van der Waals surface area contributed by atoms with Gasteiger partial charge in [0.2, 0.25) is 11.8 Å². The Kier molecular flexibility index (Phi) is 10.8. The standard InChI is InChI=1S/C34H36BrN3O4S/c1-25(2)28-17-19-30(20-18-28)38(43(41,42)31-15-8-5-9-16-31)24-33(39)37(23-27-13-10-14-29(35)21-27)32(34(40)36-3)22-26-11-6-4-7-12-26/h4-21,25,32H,22-24H2,1-3H3,(H,36,40). The summed E-state index contributed by atoms with van der Waals surface area (Å²) in [4.78, 5) is 29.2. The van der Waals surface area contributed by atoms with Crippen LogP contribution < -0.4 is 9.62 Å². The third-order valence-electron chi connectivity index (χ3n) is 7.22. The van der Waals surface area contributed by atoms with E-state index < -0.39 is 28.5 Å². The van der Waals surface area contributed by atoms with Crippen molar-refractivity contribution in [3.63, 3.8) is 0 Å². The molecule has 43 heavy (non-hydrogen) atoms. The van der Waals surface area contributed by atoms with Crippen LogP contribution in [0.5, 0.6) is 0 Å². The average molecular weight is 663 g/mol. The Hall–Kier alpha value is -3.95. The van der Waals surface area contributed by atoms with Crippen molar-refractivity contribution in [2.75, 3.05) is 17.9 Å². The Morgan fingerprint density at radius 2 is 1.42 bits per heavy atom. The molecule has 1 unspecified atom stereocenters. The van der Waals surface area contributed by atoms with Crippen LogP contribution in [0.1, 0.15) is 36.5 Å². The predicted octanol–water partition coefficient (Wildman–Crippen LogP) is 6.15. The molecular weight excluding hydrogens is 626 g/mol. The van der Waals surface area contributed by atoms with E-state index in [9.17, 15) is 18.0 Å². The first-order valence-corrected chi connectivity index (χ1v) is 16.3. The number of amides is 2. The summed E-state index contributed by atoms with van der Waals surface area (Å²) in [5.41, 5.74) is 3.08. The molecule has 0 aliphatic heterocycles. The van der Waals surface area contributed by atoms with Crippen molar-refractivity contribution in [2.24, 2.45) is 0 Å². The summed E-state index contributed by atoms with van der Waals surface area (Å²) in [5.74, 6) is -0.593. The number of hydrogen-bond acceptors (Lipinski definition) is 4. The summed E-state index contributed by atoms with van der Waals surface area (Å²) in [6.07, 6.45) is 0.259. The molecule has 0 aliphatic rings. The molecule has 0 saturated carbocycles. The fourth-order valence-corrected chi connectivity index (χ4v) is 6.71. The highest BCUT2D eigenvalue weighted by atomic mass is 79.9. The summed E-state index contributed by atoms with van der Waals surface area (Å²) in [6, 6.07) is 31.3. The van der Waals surface area contributed by atoms with Crippen molar-refractivity contribution >= 4 is 43.5 Å². The van der Waals surface area contributed by atoms with E-state index in [1.807, 2.05) is 66.7 Å². The first-order chi connectivity index (χ1) is 20.6. The minimum absolute atomic E-state index is 0.0708. The van der Waals surface area contributed by atoms with E-state index in [1.165, 1.54) is 24.1 Å². The average Bonchev–Trinajstić information content (AvgIpc) is 3.02. The third kappa shape index (κ3) is 8.12. The summed E-state index contributed by atoms with van der Waals surface area (Å²) in [7, 11) is -2.60.